The van der Waals surface area contributed by atoms with Gasteiger partial charge in [-0.05, 0) is 43.7 Å². The van der Waals surface area contributed by atoms with E-state index in [1.807, 2.05) is 0 Å². The Bertz CT molecular complexity index is 663. The Labute approximate surface area is 133 Å². The molecule has 0 saturated heterocycles. The highest BCUT2D eigenvalue weighted by atomic mass is 19.3. The molecule has 122 valence electrons. The third kappa shape index (κ3) is 3.83. The van der Waals surface area contributed by atoms with Crippen molar-refractivity contribution in [1.82, 2.24) is 10.3 Å². The molecular weight excluding hydrogens is 302 g/mol. The highest BCUT2D eigenvalue weighted by Crippen LogP contribution is 2.35. The number of pyridine rings is 1. The number of amides is 1. The van der Waals surface area contributed by atoms with Gasteiger partial charge in [0.25, 0.3) is 5.91 Å². The van der Waals surface area contributed by atoms with E-state index in [-0.39, 0.29) is 12.4 Å². The largest absolute Gasteiger partial charge is 0.493 e. The van der Waals surface area contributed by atoms with Crippen LogP contribution in [0.3, 0.4) is 0 Å². The molecule has 1 aromatic heterocycles. The Kier molecular flexibility index (Phi) is 5.26. The second kappa shape index (κ2) is 7.17. The van der Waals surface area contributed by atoms with Crippen LogP contribution in [0.1, 0.15) is 31.0 Å². The number of hydrogen-bond acceptors (Lipinski definition) is 3. The molecule has 0 radical (unpaired) electrons. The van der Waals surface area contributed by atoms with E-state index in [2.05, 4.69) is 10.3 Å². The fraction of sp³-hybridized carbons (Fsp3) is 0.294. The lowest BCUT2D eigenvalue weighted by molar-refractivity contribution is -0.148. The quantitative estimate of drug-likeness (QED) is 0.887. The van der Waals surface area contributed by atoms with Crippen molar-refractivity contribution >= 4 is 5.91 Å². The van der Waals surface area contributed by atoms with E-state index in [0.717, 1.165) is 0 Å². The van der Waals surface area contributed by atoms with Gasteiger partial charge in [-0.1, -0.05) is 12.1 Å². The van der Waals surface area contributed by atoms with Crippen molar-refractivity contribution in [2.24, 2.45) is 0 Å². The van der Waals surface area contributed by atoms with Crippen LogP contribution in [-0.4, -0.2) is 17.5 Å². The van der Waals surface area contributed by atoms with Gasteiger partial charge in [-0.25, -0.2) is 0 Å². The number of carbonyl (C=O) groups excluding carboxylic acids is 1. The van der Waals surface area contributed by atoms with Gasteiger partial charge in [-0.2, -0.15) is 8.78 Å². The molecule has 1 unspecified atom stereocenters. The number of ether oxygens (including phenoxy) is 1. The van der Waals surface area contributed by atoms with E-state index in [1.165, 1.54) is 18.2 Å². The van der Waals surface area contributed by atoms with Gasteiger partial charge in [0.1, 0.15) is 5.75 Å². The maximum absolute atomic E-state index is 14.5. The summed E-state index contributed by atoms with van der Waals surface area (Å²) in [5.74, 6) is -5.05. The van der Waals surface area contributed by atoms with Gasteiger partial charge >= 0.3 is 5.92 Å². The molecule has 0 aliphatic carbocycles. The van der Waals surface area contributed by atoms with E-state index in [0.29, 0.717) is 5.56 Å². The van der Waals surface area contributed by atoms with Crippen molar-refractivity contribution in [3.63, 3.8) is 0 Å². The number of carbonyl (C=O) groups is 1. The summed E-state index contributed by atoms with van der Waals surface area (Å²) in [7, 11) is 0. The maximum Gasteiger partial charge on any atom is 0.353 e. The van der Waals surface area contributed by atoms with Crippen LogP contribution in [0, 0.1) is 0 Å². The summed E-state index contributed by atoms with van der Waals surface area (Å²) in [6.45, 7) is 3.57. The van der Waals surface area contributed by atoms with Crippen LogP contribution >= 0.6 is 0 Å². The summed E-state index contributed by atoms with van der Waals surface area (Å²) in [5, 5.41) is 2.33. The van der Waals surface area contributed by atoms with Crippen LogP contribution in [0.4, 0.5) is 8.78 Å². The summed E-state index contributed by atoms with van der Waals surface area (Å²) >= 11 is 0. The number of benzene rings is 1. The van der Waals surface area contributed by atoms with Crippen LogP contribution < -0.4 is 10.1 Å². The number of nitrogens with one attached hydrogen (secondary N) is 1. The molecule has 1 aromatic carbocycles. The molecule has 0 aliphatic heterocycles. The Morgan fingerprint density at radius 2 is 1.91 bits per heavy atom. The summed E-state index contributed by atoms with van der Waals surface area (Å²) in [4.78, 5) is 15.9. The lowest BCUT2D eigenvalue weighted by Gasteiger charge is -2.22. The van der Waals surface area contributed by atoms with Gasteiger partial charge in [-0.3, -0.25) is 9.78 Å². The molecule has 1 heterocycles. The summed E-state index contributed by atoms with van der Waals surface area (Å²) in [5.41, 5.74) is 0.253. The molecule has 0 fully saturated rings. The first-order valence-corrected chi connectivity index (χ1v) is 7.27. The molecular formula is C17H18F2N2O2. The molecule has 6 heteroatoms. The zero-order chi connectivity index (χ0) is 16.9. The molecule has 1 amide bonds. The molecule has 1 atom stereocenters. The second-order valence-electron chi connectivity index (χ2n) is 4.98. The number of rotatable bonds is 6. The van der Waals surface area contributed by atoms with Crippen LogP contribution in [0.5, 0.6) is 5.75 Å². The Morgan fingerprint density at radius 1 is 1.26 bits per heavy atom. The van der Waals surface area contributed by atoms with Gasteiger partial charge in [-0.15, -0.1) is 0 Å². The van der Waals surface area contributed by atoms with Crippen LogP contribution in [0.2, 0.25) is 0 Å². The molecule has 2 rings (SSSR count). The van der Waals surface area contributed by atoms with Gasteiger partial charge in [0.05, 0.1) is 18.2 Å². The minimum absolute atomic E-state index is 0.00622. The normalized spacial score (nSPS) is 12.5. The van der Waals surface area contributed by atoms with Crippen LogP contribution in [0.25, 0.3) is 0 Å². The molecule has 0 aliphatic rings. The lowest BCUT2D eigenvalue weighted by atomic mass is 10.0. The molecule has 2 aromatic rings. The van der Waals surface area contributed by atoms with Crippen molar-refractivity contribution in [3.05, 3.63) is 59.9 Å². The van der Waals surface area contributed by atoms with Crippen molar-refractivity contribution in [2.75, 3.05) is 6.61 Å². The highest BCUT2D eigenvalue weighted by Gasteiger charge is 2.43. The summed E-state index contributed by atoms with van der Waals surface area (Å²) in [6.07, 6.45) is 3.08. The van der Waals surface area contributed by atoms with Crippen LogP contribution in [0.15, 0.2) is 48.8 Å². The molecule has 0 spiro atoms. The first kappa shape index (κ1) is 16.9. The van der Waals surface area contributed by atoms with E-state index < -0.39 is 23.4 Å². The maximum atomic E-state index is 14.5. The minimum atomic E-state index is -3.69. The highest BCUT2D eigenvalue weighted by molar-refractivity contribution is 5.85. The van der Waals surface area contributed by atoms with E-state index >= 15 is 0 Å². The third-order valence-corrected chi connectivity index (χ3v) is 3.36. The first-order chi connectivity index (χ1) is 11.0. The zero-order valence-electron chi connectivity index (χ0n) is 12.9. The summed E-state index contributed by atoms with van der Waals surface area (Å²) in [6, 6.07) is 8.42. The number of hydrogen-bond donors (Lipinski definition) is 1. The second-order valence-corrected chi connectivity index (χ2v) is 4.98. The molecule has 0 bridgehead atoms. The van der Waals surface area contributed by atoms with Gasteiger partial charge in [0, 0.05) is 12.4 Å². The monoisotopic (exact) mass is 320 g/mol. The Morgan fingerprint density at radius 3 is 2.57 bits per heavy atom. The van der Waals surface area contributed by atoms with Crippen molar-refractivity contribution in [2.45, 2.75) is 25.8 Å². The predicted molar refractivity (Wildman–Crippen MR) is 82.3 cm³/mol. The number of para-hydroxylation sites is 1. The van der Waals surface area contributed by atoms with E-state index in [4.69, 9.17) is 4.74 Å². The van der Waals surface area contributed by atoms with E-state index in [9.17, 15) is 13.6 Å². The number of halogens is 2. The van der Waals surface area contributed by atoms with Gasteiger partial charge in [0.15, 0.2) is 0 Å². The smallest absolute Gasteiger partial charge is 0.353 e. The van der Waals surface area contributed by atoms with Crippen LogP contribution in [-0.2, 0) is 10.7 Å². The molecule has 1 N–H and O–H groups in total. The van der Waals surface area contributed by atoms with E-state index in [1.54, 1.807) is 44.4 Å². The summed E-state index contributed by atoms with van der Waals surface area (Å²) < 4.78 is 34.2. The molecule has 4 nitrogen and oxygen atoms in total. The van der Waals surface area contributed by atoms with Crippen molar-refractivity contribution < 1.29 is 18.3 Å². The van der Waals surface area contributed by atoms with Gasteiger partial charge in [0.2, 0.25) is 0 Å². The number of alkyl halides is 2. The average Bonchev–Trinajstić information content (AvgIpc) is 2.56. The third-order valence-electron chi connectivity index (χ3n) is 3.36. The molecule has 23 heavy (non-hydrogen) atoms. The predicted octanol–water partition coefficient (Wildman–Crippen LogP) is 3.45. The Hall–Kier alpha value is -2.50. The minimum Gasteiger partial charge on any atom is -0.493 e. The first-order valence-electron chi connectivity index (χ1n) is 7.27. The SMILES string of the molecule is CCOc1ccccc1C(F)(F)C(=O)NC(C)c1ccncc1. The van der Waals surface area contributed by atoms with Crippen molar-refractivity contribution in [3.8, 4) is 5.75 Å². The topological polar surface area (TPSA) is 51.2 Å². The molecule has 0 saturated carbocycles. The average molecular weight is 320 g/mol. The standard InChI is InChI=1S/C17H18F2N2O2/c1-3-23-15-7-5-4-6-14(15)17(18,19)16(22)21-12(2)13-8-10-20-11-9-13/h4-12H,3H2,1-2H3,(H,21,22). The van der Waals surface area contributed by atoms with Gasteiger partial charge < -0.3 is 10.1 Å². The van der Waals surface area contributed by atoms with Crippen molar-refractivity contribution in [1.29, 1.82) is 0 Å². The fourth-order valence-corrected chi connectivity index (χ4v) is 2.15. The fourth-order valence-electron chi connectivity index (χ4n) is 2.15. The zero-order valence-corrected chi connectivity index (χ0v) is 12.9. The lowest BCUT2D eigenvalue weighted by Crippen LogP contribution is -2.39. The number of nitrogens with zero attached hydrogens (tertiary/aromatic N) is 1. The Balaban J connectivity index is 2.20. The number of aromatic nitrogens is 1.